The number of nitrogens with one attached hydrogen (secondary N) is 2. The summed E-state index contributed by atoms with van der Waals surface area (Å²) in [5.74, 6) is 0. The highest BCUT2D eigenvalue weighted by Crippen LogP contribution is 2.13. The van der Waals surface area contributed by atoms with Crippen LogP contribution in [0.3, 0.4) is 0 Å². The van der Waals surface area contributed by atoms with E-state index in [1.165, 1.54) is 10.4 Å². The van der Waals surface area contributed by atoms with Gasteiger partial charge in [0.2, 0.25) is 7.55 Å². The molecule has 0 saturated heterocycles. The van der Waals surface area contributed by atoms with E-state index in [4.69, 9.17) is 22.2 Å². The van der Waals surface area contributed by atoms with Gasteiger partial charge in [-0.15, -0.1) is 22.2 Å². The van der Waals surface area contributed by atoms with Crippen LogP contribution in [0.4, 0.5) is 0 Å². The summed E-state index contributed by atoms with van der Waals surface area (Å²) in [6, 6.07) is 20.7. The van der Waals surface area contributed by atoms with Gasteiger partial charge in [-0.2, -0.15) is 0 Å². The number of benzene rings is 2. The molecule has 0 aliphatic rings. The molecule has 2 aromatic rings. The van der Waals surface area contributed by atoms with Crippen molar-refractivity contribution in [1.29, 1.82) is 0 Å². The van der Waals surface area contributed by atoms with Crippen molar-refractivity contribution < 1.29 is 0 Å². The fourth-order valence-electron chi connectivity index (χ4n) is 2.85. The number of halogens is 2. The molecule has 0 bridgehead atoms. The lowest BCUT2D eigenvalue weighted by Gasteiger charge is -2.38. The van der Waals surface area contributed by atoms with E-state index in [9.17, 15) is 0 Å². The fourth-order valence-corrected chi connectivity index (χ4v) is 20.9. The van der Waals surface area contributed by atoms with Gasteiger partial charge in [-0.25, -0.2) is 0 Å². The normalized spacial score (nSPS) is 13.1. The molecule has 0 fully saturated rings. The molecule has 7 heteroatoms. The first-order chi connectivity index (χ1) is 10.6. The Morgan fingerprint density at radius 3 is 1.39 bits per heavy atom. The van der Waals surface area contributed by atoms with Gasteiger partial charge in [0.15, 0.2) is 8.40 Å². The van der Waals surface area contributed by atoms with Crippen molar-refractivity contribution in [3.63, 3.8) is 0 Å². The quantitative estimate of drug-likeness (QED) is 0.575. The average Bonchev–Trinajstić information content (AvgIpc) is 2.46. The SMILES string of the molecule is C[Si](C)(Cl)N[Si](C)(C)N[Si](Cl)(c1ccccc1)c1ccccc1. The summed E-state index contributed by atoms with van der Waals surface area (Å²) in [7, 11) is -6.44. The first kappa shape index (κ1) is 18.9. The van der Waals surface area contributed by atoms with Crippen molar-refractivity contribution in [3.05, 3.63) is 60.7 Å². The maximum atomic E-state index is 7.30. The van der Waals surface area contributed by atoms with Gasteiger partial charge in [0.25, 0.3) is 7.55 Å². The van der Waals surface area contributed by atoms with E-state index in [0.29, 0.717) is 0 Å². The maximum Gasteiger partial charge on any atom is 0.283 e. The van der Waals surface area contributed by atoms with Crippen molar-refractivity contribution >= 4 is 56.0 Å². The number of hydrogen-bond acceptors (Lipinski definition) is 2. The Hall–Kier alpha value is -0.409. The zero-order valence-electron chi connectivity index (χ0n) is 14.0. The predicted octanol–water partition coefficient (Wildman–Crippen LogP) is 3.30. The number of rotatable bonds is 6. The maximum absolute atomic E-state index is 7.30. The van der Waals surface area contributed by atoms with E-state index >= 15 is 0 Å². The van der Waals surface area contributed by atoms with Gasteiger partial charge < -0.3 is 9.30 Å². The van der Waals surface area contributed by atoms with E-state index in [1.807, 2.05) is 36.4 Å². The van der Waals surface area contributed by atoms with Crippen molar-refractivity contribution in [3.8, 4) is 0 Å². The first-order valence-electron chi connectivity index (χ1n) is 7.70. The van der Waals surface area contributed by atoms with E-state index in [-0.39, 0.29) is 0 Å². The second kappa shape index (κ2) is 7.23. The molecule has 124 valence electrons. The van der Waals surface area contributed by atoms with Gasteiger partial charge in [-0.1, -0.05) is 60.7 Å². The Bertz CT molecular complexity index is 591. The Labute approximate surface area is 152 Å². The monoisotopic (exact) mass is 398 g/mol. The molecule has 0 saturated carbocycles. The summed E-state index contributed by atoms with van der Waals surface area (Å²) in [4.78, 5) is 0. The molecule has 0 atom stereocenters. The van der Waals surface area contributed by atoms with Crippen LogP contribution in [0.2, 0.25) is 26.2 Å². The molecule has 2 rings (SSSR count). The number of hydrogen-bond donors (Lipinski definition) is 2. The van der Waals surface area contributed by atoms with Crippen molar-refractivity contribution in [2.24, 2.45) is 0 Å². The highest BCUT2D eigenvalue weighted by Gasteiger charge is 2.43. The summed E-state index contributed by atoms with van der Waals surface area (Å²) < 4.78 is 7.51. The Kier molecular flexibility index (Phi) is 5.95. The summed E-state index contributed by atoms with van der Waals surface area (Å²) in [5, 5.41) is 2.34. The summed E-state index contributed by atoms with van der Waals surface area (Å²) in [5.41, 5.74) is 0. The van der Waals surface area contributed by atoms with Crippen LogP contribution < -0.4 is 19.7 Å². The first-order valence-corrected chi connectivity index (χ1v) is 17.7. The van der Waals surface area contributed by atoms with Gasteiger partial charge in [0.1, 0.15) is 0 Å². The highest BCUT2D eigenvalue weighted by atomic mass is 35.6. The molecule has 0 unspecified atom stereocenters. The van der Waals surface area contributed by atoms with E-state index in [0.717, 1.165) is 0 Å². The molecule has 2 N–H and O–H groups in total. The minimum absolute atomic E-state index is 1.17. The molecule has 23 heavy (non-hydrogen) atoms. The predicted molar refractivity (Wildman–Crippen MR) is 111 cm³/mol. The topological polar surface area (TPSA) is 24.1 Å². The zero-order chi connectivity index (χ0) is 17.1. The molecular weight excluding hydrogens is 375 g/mol. The van der Waals surface area contributed by atoms with Crippen LogP contribution in [0.1, 0.15) is 0 Å². The van der Waals surface area contributed by atoms with Gasteiger partial charge in [0.05, 0.1) is 0 Å². The molecule has 0 aliphatic heterocycles. The van der Waals surface area contributed by atoms with E-state index in [2.05, 4.69) is 59.7 Å². The summed E-state index contributed by atoms with van der Waals surface area (Å²) in [6.45, 7) is 8.68. The molecule has 0 radical (unpaired) electrons. The Balaban J connectivity index is 2.43. The van der Waals surface area contributed by atoms with Crippen LogP contribution in [0.25, 0.3) is 0 Å². The third-order valence-corrected chi connectivity index (χ3v) is 17.5. The van der Waals surface area contributed by atoms with Crippen LogP contribution in [0.5, 0.6) is 0 Å². The van der Waals surface area contributed by atoms with Crippen molar-refractivity contribution in [2.75, 3.05) is 0 Å². The molecule has 0 aliphatic carbocycles. The Morgan fingerprint density at radius 1 is 0.652 bits per heavy atom. The molecule has 2 nitrogen and oxygen atoms in total. The molecule has 0 heterocycles. The van der Waals surface area contributed by atoms with Gasteiger partial charge in [-0.05, 0) is 36.6 Å². The fraction of sp³-hybridized carbons (Fsp3) is 0.250. The second-order valence-corrected chi connectivity index (χ2v) is 21.9. The highest BCUT2D eigenvalue weighted by molar-refractivity contribution is 7.35. The minimum atomic E-state index is -2.55. The Morgan fingerprint density at radius 2 is 1.04 bits per heavy atom. The smallest absolute Gasteiger partial charge is 0.283 e. The van der Waals surface area contributed by atoms with Crippen LogP contribution in [0.15, 0.2) is 60.7 Å². The van der Waals surface area contributed by atoms with Crippen molar-refractivity contribution in [2.45, 2.75) is 26.2 Å². The second-order valence-electron chi connectivity index (χ2n) is 6.74. The van der Waals surface area contributed by atoms with Gasteiger partial charge >= 0.3 is 0 Å². The van der Waals surface area contributed by atoms with Crippen LogP contribution >= 0.6 is 22.2 Å². The lowest BCUT2D eigenvalue weighted by molar-refractivity contribution is 1.22. The van der Waals surface area contributed by atoms with E-state index < -0.39 is 23.5 Å². The molecule has 0 amide bonds. The standard InChI is InChI=1S/C16H24Cl2N2Si3/c1-21(2,17)19-22(3,4)20-23(18,15-11-7-5-8-12-15)16-13-9-6-10-14-16/h5-14,19-20H,1-4H3. The molecule has 2 aromatic carbocycles. The lowest BCUT2D eigenvalue weighted by atomic mass is 10.4. The average molecular weight is 400 g/mol. The van der Waals surface area contributed by atoms with Crippen molar-refractivity contribution in [1.82, 2.24) is 9.30 Å². The summed E-state index contributed by atoms with van der Waals surface area (Å²) in [6.07, 6.45) is 0. The third kappa shape index (κ3) is 5.29. The largest absolute Gasteiger partial charge is 0.336 e. The molecule has 0 aromatic heterocycles. The van der Waals surface area contributed by atoms with E-state index in [1.54, 1.807) is 0 Å². The van der Waals surface area contributed by atoms with Crippen LogP contribution in [0, 0.1) is 0 Å². The zero-order valence-corrected chi connectivity index (χ0v) is 18.5. The summed E-state index contributed by atoms with van der Waals surface area (Å²) >= 11 is 13.8. The minimum Gasteiger partial charge on any atom is -0.336 e. The third-order valence-electron chi connectivity index (χ3n) is 3.44. The van der Waals surface area contributed by atoms with Crippen LogP contribution in [-0.4, -0.2) is 23.5 Å². The van der Waals surface area contributed by atoms with Crippen LogP contribution in [-0.2, 0) is 0 Å². The van der Waals surface area contributed by atoms with Gasteiger partial charge in [-0.3, -0.25) is 0 Å². The molecule has 0 spiro atoms. The molecular formula is C16H24Cl2N2Si3. The van der Waals surface area contributed by atoms with Gasteiger partial charge in [0, 0.05) is 0 Å². The lowest BCUT2D eigenvalue weighted by Crippen LogP contribution is -2.77.